The number of para-hydroxylation sites is 1. The average Bonchev–Trinajstić information content (AvgIpc) is 2.63. The van der Waals surface area contributed by atoms with Crippen molar-refractivity contribution >= 4 is 16.9 Å². The summed E-state index contributed by atoms with van der Waals surface area (Å²) >= 11 is 0. The minimum absolute atomic E-state index is 0.242. The van der Waals surface area contributed by atoms with Crippen LogP contribution in [0.25, 0.3) is 11.0 Å². The van der Waals surface area contributed by atoms with Gasteiger partial charge < -0.3 is 4.74 Å². The van der Waals surface area contributed by atoms with E-state index in [9.17, 15) is 4.79 Å². The molecule has 2 aromatic carbocycles. The van der Waals surface area contributed by atoms with Gasteiger partial charge in [0, 0.05) is 5.56 Å². The first-order valence-electron chi connectivity index (χ1n) is 7.98. The van der Waals surface area contributed by atoms with Crippen molar-refractivity contribution in [3.05, 3.63) is 65.5 Å². The van der Waals surface area contributed by atoms with Gasteiger partial charge in [-0.05, 0) is 44.2 Å². The Kier molecular flexibility index (Phi) is 5.20. The number of hydrogen-bond donors (Lipinski definition) is 1. The van der Waals surface area contributed by atoms with E-state index in [2.05, 4.69) is 15.4 Å². The Morgan fingerprint density at radius 1 is 0.960 bits per heavy atom. The van der Waals surface area contributed by atoms with Gasteiger partial charge in [-0.1, -0.05) is 18.2 Å². The summed E-state index contributed by atoms with van der Waals surface area (Å²) in [4.78, 5) is 26.2. The summed E-state index contributed by atoms with van der Waals surface area (Å²) in [5.74, 6) is 0.429. The monoisotopic (exact) mass is 337 g/mol. The Labute approximate surface area is 145 Å². The van der Waals surface area contributed by atoms with E-state index in [0.717, 1.165) is 22.7 Å². The molecule has 3 rings (SSSR count). The molecule has 1 aromatic heterocycles. The Bertz CT molecular complexity index is 882. The van der Waals surface area contributed by atoms with Gasteiger partial charge in [0.05, 0.1) is 22.4 Å². The zero-order valence-corrected chi connectivity index (χ0v) is 14.2. The smallest absolute Gasteiger partial charge is 0.274 e. The molecule has 0 fully saturated rings. The minimum atomic E-state index is -0.332. The topological polar surface area (TPSA) is 73.3 Å². The molecule has 0 aliphatic heterocycles. The number of nitrogens with zero attached hydrogens (tertiary/aromatic N) is 2. The molecule has 0 unspecified atom stereocenters. The standard InChI is InChI=1S/C19H19N3O3/c1-13-14(2)21-18-12-15(8-9-17(18)20-13)19(23)22-25-11-10-24-16-6-4-3-5-7-16/h3-9,12H,10-11H2,1-2H3,(H,22,23). The molecule has 6 heteroatoms. The highest BCUT2D eigenvalue weighted by Crippen LogP contribution is 2.14. The quantitative estimate of drug-likeness (QED) is 0.553. The van der Waals surface area contributed by atoms with Crippen LogP contribution < -0.4 is 10.2 Å². The summed E-state index contributed by atoms with van der Waals surface area (Å²) in [6.07, 6.45) is 0. The van der Waals surface area contributed by atoms with Crippen molar-refractivity contribution in [3.63, 3.8) is 0 Å². The number of fused-ring (bicyclic) bond motifs is 1. The van der Waals surface area contributed by atoms with E-state index >= 15 is 0 Å². The summed E-state index contributed by atoms with van der Waals surface area (Å²) in [6, 6.07) is 14.6. The van der Waals surface area contributed by atoms with Gasteiger partial charge in [-0.15, -0.1) is 0 Å². The van der Waals surface area contributed by atoms with Crippen LogP contribution >= 0.6 is 0 Å². The number of hydrogen-bond acceptors (Lipinski definition) is 5. The normalized spacial score (nSPS) is 10.6. The van der Waals surface area contributed by atoms with Crippen LogP contribution in [-0.4, -0.2) is 29.1 Å². The van der Waals surface area contributed by atoms with Crippen LogP contribution in [0.4, 0.5) is 0 Å². The number of rotatable bonds is 6. The second-order valence-corrected chi connectivity index (χ2v) is 5.54. The number of amides is 1. The molecular formula is C19H19N3O3. The van der Waals surface area contributed by atoms with Gasteiger partial charge in [0.25, 0.3) is 5.91 Å². The number of ether oxygens (including phenoxy) is 1. The highest BCUT2D eigenvalue weighted by Gasteiger charge is 2.09. The fraction of sp³-hybridized carbons (Fsp3) is 0.211. The number of aromatic nitrogens is 2. The van der Waals surface area contributed by atoms with Crippen LogP contribution in [0.5, 0.6) is 5.75 Å². The molecule has 128 valence electrons. The van der Waals surface area contributed by atoms with E-state index in [1.807, 2.05) is 44.2 Å². The number of aryl methyl sites for hydroxylation is 2. The lowest BCUT2D eigenvalue weighted by molar-refractivity contribution is 0.0200. The molecule has 0 aliphatic rings. The van der Waals surface area contributed by atoms with Gasteiger partial charge in [0.1, 0.15) is 19.0 Å². The van der Waals surface area contributed by atoms with Crippen LogP contribution in [0.15, 0.2) is 48.5 Å². The van der Waals surface area contributed by atoms with E-state index in [1.165, 1.54) is 0 Å². The molecule has 0 spiro atoms. The number of carbonyl (C=O) groups is 1. The zero-order chi connectivity index (χ0) is 17.6. The Morgan fingerprint density at radius 2 is 1.68 bits per heavy atom. The molecule has 1 heterocycles. The molecule has 25 heavy (non-hydrogen) atoms. The molecule has 0 radical (unpaired) electrons. The first-order valence-corrected chi connectivity index (χ1v) is 7.98. The highest BCUT2D eigenvalue weighted by molar-refractivity contribution is 5.96. The fourth-order valence-corrected chi connectivity index (χ4v) is 2.27. The summed E-state index contributed by atoms with van der Waals surface area (Å²) in [5, 5.41) is 0. The molecular weight excluding hydrogens is 318 g/mol. The predicted octanol–water partition coefficient (Wildman–Crippen LogP) is 2.99. The third-order valence-electron chi connectivity index (χ3n) is 3.70. The van der Waals surface area contributed by atoms with Gasteiger partial charge in [-0.25, -0.2) is 15.4 Å². The molecule has 0 aliphatic carbocycles. The summed E-state index contributed by atoms with van der Waals surface area (Å²) in [7, 11) is 0. The number of carbonyl (C=O) groups excluding carboxylic acids is 1. The zero-order valence-electron chi connectivity index (χ0n) is 14.2. The molecule has 0 bridgehead atoms. The molecule has 3 aromatic rings. The lowest BCUT2D eigenvalue weighted by Crippen LogP contribution is -2.26. The number of hydroxylamine groups is 1. The second kappa shape index (κ2) is 7.72. The van der Waals surface area contributed by atoms with Crippen LogP contribution in [0.1, 0.15) is 21.7 Å². The lowest BCUT2D eigenvalue weighted by Gasteiger charge is -2.08. The average molecular weight is 337 g/mol. The maximum Gasteiger partial charge on any atom is 0.274 e. The van der Waals surface area contributed by atoms with Crippen molar-refractivity contribution in [2.24, 2.45) is 0 Å². The van der Waals surface area contributed by atoms with Crippen molar-refractivity contribution in [2.45, 2.75) is 13.8 Å². The van der Waals surface area contributed by atoms with Gasteiger partial charge in [-0.3, -0.25) is 9.63 Å². The van der Waals surface area contributed by atoms with Gasteiger partial charge >= 0.3 is 0 Å². The first-order chi connectivity index (χ1) is 12.1. The van der Waals surface area contributed by atoms with Gasteiger partial charge in [0.2, 0.25) is 0 Å². The van der Waals surface area contributed by atoms with E-state index < -0.39 is 0 Å². The Morgan fingerprint density at radius 3 is 2.44 bits per heavy atom. The molecule has 0 atom stereocenters. The van der Waals surface area contributed by atoms with E-state index in [1.54, 1.807) is 18.2 Å². The summed E-state index contributed by atoms with van der Waals surface area (Å²) < 4.78 is 5.48. The van der Waals surface area contributed by atoms with E-state index in [4.69, 9.17) is 9.57 Å². The van der Waals surface area contributed by atoms with Crippen molar-refractivity contribution in [1.29, 1.82) is 0 Å². The molecule has 1 amide bonds. The van der Waals surface area contributed by atoms with Crippen molar-refractivity contribution in [1.82, 2.24) is 15.4 Å². The maximum atomic E-state index is 12.1. The summed E-state index contributed by atoms with van der Waals surface area (Å²) in [6.45, 7) is 4.39. The predicted molar refractivity (Wildman–Crippen MR) is 94.4 cm³/mol. The summed E-state index contributed by atoms with van der Waals surface area (Å²) in [5.41, 5.74) is 6.05. The van der Waals surface area contributed by atoms with E-state index in [0.29, 0.717) is 17.7 Å². The maximum absolute atomic E-state index is 12.1. The van der Waals surface area contributed by atoms with Crippen molar-refractivity contribution in [3.8, 4) is 5.75 Å². The fourth-order valence-electron chi connectivity index (χ4n) is 2.27. The number of nitrogens with one attached hydrogen (secondary N) is 1. The van der Waals surface area contributed by atoms with Crippen LogP contribution in [0.2, 0.25) is 0 Å². The third-order valence-corrected chi connectivity index (χ3v) is 3.70. The van der Waals surface area contributed by atoms with Gasteiger partial charge in [-0.2, -0.15) is 0 Å². The van der Waals surface area contributed by atoms with E-state index in [-0.39, 0.29) is 12.5 Å². The lowest BCUT2D eigenvalue weighted by atomic mass is 10.1. The highest BCUT2D eigenvalue weighted by atomic mass is 16.7. The van der Waals surface area contributed by atoms with Crippen LogP contribution in [0, 0.1) is 13.8 Å². The van der Waals surface area contributed by atoms with Crippen molar-refractivity contribution in [2.75, 3.05) is 13.2 Å². The van der Waals surface area contributed by atoms with Crippen molar-refractivity contribution < 1.29 is 14.4 Å². The molecule has 0 saturated carbocycles. The Hall–Kier alpha value is -2.99. The van der Waals surface area contributed by atoms with Crippen LogP contribution in [0.3, 0.4) is 0 Å². The largest absolute Gasteiger partial charge is 0.491 e. The van der Waals surface area contributed by atoms with Crippen LogP contribution in [-0.2, 0) is 4.84 Å². The SMILES string of the molecule is Cc1nc2ccc(C(=O)NOCCOc3ccccc3)cc2nc1C. The molecule has 1 N–H and O–H groups in total. The second-order valence-electron chi connectivity index (χ2n) is 5.54. The molecule has 6 nitrogen and oxygen atoms in total. The third kappa shape index (κ3) is 4.30. The van der Waals surface area contributed by atoms with Gasteiger partial charge in [0.15, 0.2) is 0 Å². The Balaban J connectivity index is 1.52. The molecule has 0 saturated heterocycles. The number of benzene rings is 2. The minimum Gasteiger partial charge on any atom is -0.491 e. The first kappa shape index (κ1) is 16.9.